The summed E-state index contributed by atoms with van der Waals surface area (Å²) >= 11 is 0. The van der Waals surface area contributed by atoms with Gasteiger partial charge in [-0.15, -0.1) is 0 Å². The zero-order chi connectivity index (χ0) is 25.1. The van der Waals surface area contributed by atoms with Crippen LogP contribution in [-0.2, 0) is 11.2 Å². The largest absolute Gasteiger partial charge is 0.465 e. The lowest BCUT2D eigenvalue weighted by molar-refractivity contribution is 0.0952. The van der Waals surface area contributed by atoms with Crippen molar-refractivity contribution in [1.82, 2.24) is 20.2 Å². The van der Waals surface area contributed by atoms with E-state index >= 15 is 0 Å². The van der Waals surface area contributed by atoms with Crippen LogP contribution in [0.25, 0.3) is 11.4 Å². The number of carbonyl (C=O) groups excluding carboxylic acids is 1. The molecule has 3 amide bonds. The minimum atomic E-state index is -0.922. The SMILES string of the molecule is CCNC(=O)Nc1ccc(-c2nc3c(c(N4CCOCC4C)n2)[C@H](C(C)C)N(C(=O)O)CC3)cc1. The maximum atomic E-state index is 12.1. The Hall–Kier alpha value is -3.40. The van der Waals surface area contributed by atoms with E-state index in [0.29, 0.717) is 50.8 Å². The molecule has 2 aliphatic heterocycles. The molecule has 3 heterocycles. The Bertz CT molecular complexity index is 1070. The van der Waals surface area contributed by atoms with E-state index in [1.165, 1.54) is 4.90 Å². The fourth-order valence-electron chi connectivity index (χ4n) is 4.85. The molecule has 1 aromatic carbocycles. The summed E-state index contributed by atoms with van der Waals surface area (Å²) in [7, 11) is 0. The first-order valence-electron chi connectivity index (χ1n) is 12.2. The molecule has 10 nitrogen and oxygen atoms in total. The van der Waals surface area contributed by atoms with Gasteiger partial charge in [-0.1, -0.05) is 13.8 Å². The summed E-state index contributed by atoms with van der Waals surface area (Å²) in [6.07, 6.45) is -0.391. The minimum Gasteiger partial charge on any atom is -0.465 e. The maximum absolute atomic E-state index is 12.1. The highest BCUT2D eigenvalue weighted by atomic mass is 16.5. The summed E-state index contributed by atoms with van der Waals surface area (Å²) in [4.78, 5) is 37.6. The lowest BCUT2D eigenvalue weighted by Gasteiger charge is -2.42. The second-order valence-electron chi connectivity index (χ2n) is 9.33. The molecular weight excluding hydrogens is 448 g/mol. The number of nitrogens with one attached hydrogen (secondary N) is 2. The highest BCUT2D eigenvalue weighted by Gasteiger charge is 2.39. The monoisotopic (exact) mass is 482 g/mol. The summed E-state index contributed by atoms with van der Waals surface area (Å²) in [6.45, 7) is 10.8. The Kier molecular flexibility index (Phi) is 7.39. The summed E-state index contributed by atoms with van der Waals surface area (Å²) < 4.78 is 5.66. The van der Waals surface area contributed by atoms with Gasteiger partial charge in [0.05, 0.1) is 31.0 Å². The highest BCUT2D eigenvalue weighted by molar-refractivity contribution is 5.89. The van der Waals surface area contributed by atoms with Gasteiger partial charge in [-0.3, -0.25) is 0 Å². The van der Waals surface area contributed by atoms with E-state index in [1.54, 1.807) is 0 Å². The molecule has 10 heteroatoms. The predicted octanol–water partition coefficient (Wildman–Crippen LogP) is 3.74. The average molecular weight is 483 g/mol. The van der Waals surface area contributed by atoms with E-state index in [0.717, 1.165) is 22.6 Å². The van der Waals surface area contributed by atoms with E-state index in [4.69, 9.17) is 14.7 Å². The van der Waals surface area contributed by atoms with Crippen molar-refractivity contribution >= 4 is 23.6 Å². The van der Waals surface area contributed by atoms with Gasteiger partial charge in [-0.25, -0.2) is 19.6 Å². The minimum absolute atomic E-state index is 0.0642. The third-order valence-electron chi connectivity index (χ3n) is 6.48. The lowest BCUT2D eigenvalue weighted by atomic mass is 9.88. The molecule has 3 N–H and O–H groups in total. The van der Waals surface area contributed by atoms with Crippen molar-refractivity contribution in [3.63, 3.8) is 0 Å². The molecule has 2 atom stereocenters. The molecule has 0 aliphatic carbocycles. The van der Waals surface area contributed by atoms with Crippen LogP contribution < -0.4 is 15.5 Å². The van der Waals surface area contributed by atoms with Crippen LogP contribution in [0.1, 0.15) is 45.0 Å². The van der Waals surface area contributed by atoms with Crippen LogP contribution in [-0.4, -0.2) is 71.0 Å². The number of morpholine rings is 1. The number of benzene rings is 1. The van der Waals surface area contributed by atoms with Gasteiger partial charge >= 0.3 is 12.1 Å². The Morgan fingerprint density at radius 3 is 2.57 bits per heavy atom. The van der Waals surface area contributed by atoms with Crippen molar-refractivity contribution in [2.24, 2.45) is 5.92 Å². The van der Waals surface area contributed by atoms with Crippen molar-refractivity contribution in [2.75, 3.05) is 43.1 Å². The van der Waals surface area contributed by atoms with Crippen LogP contribution in [0.4, 0.5) is 21.1 Å². The molecule has 1 unspecified atom stereocenters. The molecule has 1 fully saturated rings. The van der Waals surface area contributed by atoms with Gasteiger partial charge in [0, 0.05) is 42.9 Å². The van der Waals surface area contributed by atoms with Gasteiger partial charge in [-0.05, 0) is 44.0 Å². The van der Waals surface area contributed by atoms with Gasteiger partial charge in [0.15, 0.2) is 5.82 Å². The van der Waals surface area contributed by atoms with E-state index < -0.39 is 6.09 Å². The van der Waals surface area contributed by atoms with E-state index in [2.05, 4.69) is 22.5 Å². The molecule has 4 rings (SSSR count). The van der Waals surface area contributed by atoms with E-state index in [1.807, 2.05) is 45.0 Å². The molecule has 1 aromatic heterocycles. The number of urea groups is 1. The van der Waals surface area contributed by atoms with Gasteiger partial charge in [0.1, 0.15) is 5.82 Å². The molecule has 188 valence electrons. The number of hydrogen-bond donors (Lipinski definition) is 3. The molecule has 1 saturated heterocycles. The number of nitrogens with zero attached hydrogens (tertiary/aromatic N) is 4. The molecule has 0 radical (unpaired) electrons. The number of rotatable bonds is 5. The lowest BCUT2D eigenvalue weighted by Crippen LogP contribution is -2.47. The topological polar surface area (TPSA) is 120 Å². The standard InChI is InChI=1S/C25H34N6O4/c1-5-26-24(32)27-18-8-6-17(7-9-18)22-28-19-10-11-31(25(33)34)21(15(2)3)20(19)23(29-22)30-12-13-35-14-16(30)4/h6-9,15-16,21H,5,10-14H2,1-4H3,(H,33,34)(H2,26,27,32)/t16?,21-/m0/s1. The fourth-order valence-corrected chi connectivity index (χ4v) is 4.85. The predicted molar refractivity (Wildman–Crippen MR) is 134 cm³/mol. The highest BCUT2D eigenvalue weighted by Crippen LogP contribution is 2.41. The van der Waals surface area contributed by atoms with Crippen molar-refractivity contribution in [1.29, 1.82) is 0 Å². The van der Waals surface area contributed by atoms with Crippen LogP contribution >= 0.6 is 0 Å². The second-order valence-corrected chi connectivity index (χ2v) is 9.33. The van der Waals surface area contributed by atoms with Crippen LogP contribution in [0.5, 0.6) is 0 Å². The Balaban J connectivity index is 1.78. The van der Waals surface area contributed by atoms with Crippen molar-refractivity contribution < 1.29 is 19.4 Å². The fraction of sp³-hybridized carbons (Fsp3) is 0.520. The first kappa shape index (κ1) is 24.7. The molecule has 2 aromatic rings. The smallest absolute Gasteiger partial charge is 0.407 e. The van der Waals surface area contributed by atoms with Crippen molar-refractivity contribution in [3.8, 4) is 11.4 Å². The molecule has 0 saturated carbocycles. The first-order chi connectivity index (χ1) is 16.8. The van der Waals surface area contributed by atoms with Crippen LogP contribution in [0.15, 0.2) is 24.3 Å². The Labute approximate surface area is 205 Å². The zero-order valence-corrected chi connectivity index (χ0v) is 20.7. The first-order valence-corrected chi connectivity index (χ1v) is 12.2. The number of amides is 3. The second kappa shape index (κ2) is 10.5. The third kappa shape index (κ3) is 5.17. The normalized spacial score (nSPS) is 19.9. The maximum Gasteiger partial charge on any atom is 0.407 e. The van der Waals surface area contributed by atoms with Crippen LogP contribution in [0.3, 0.4) is 0 Å². The number of carboxylic acid groups (broad SMARTS) is 1. The summed E-state index contributed by atoms with van der Waals surface area (Å²) in [6, 6.07) is 6.97. The summed E-state index contributed by atoms with van der Waals surface area (Å²) in [5, 5.41) is 15.4. The van der Waals surface area contributed by atoms with E-state index in [-0.39, 0.29) is 24.0 Å². The van der Waals surface area contributed by atoms with Gasteiger partial charge in [-0.2, -0.15) is 0 Å². The number of ether oxygens (including phenoxy) is 1. The van der Waals surface area contributed by atoms with Crippen LogP contribution in [0, 0.1) is 5.92 Å². The quantitative estimate of drug-likeness (QED) is 0.594. The zero-order valence-electron chi connectivity index (χ0n) is 20.7. The molecular formula is C25H34N6O4. The molecule has 0 spiro atoms. The molecule has 2 aliphatic rings. The van der Waals surface area contributed by atoms with Crippen LogP contribution in [0.2, 0.25) is 0 Å². The summed E-state index contributed by atoms with van der Waals surface area (Å²) in [5.41, 5.74) is 3.31. The van der Waals surface area contributed by atoms with Gasteiger partial charge in [0.2, 0.25) is 0 Å². The average Bonchev–Trinajstić information content (AvgIpc) is 2.83. The number of aromatic nitrogens is 2. The molecule has 0 bridgehead atoms. The number of carbonyl (C=O) groups is 2. The van der Waals surface area contributed by atoms with Gasteiger partial charge in [0.25, 0.3) is 0 Å². The van der Waals surface area contributed by atoms with Crippen molar-refractivity contribution in [3.05, 3.63) is 35.5 Å². The molecule has 35 heavy (non-hydrogen) atoms. The number of anilines is 2. The number of hydrogen-bond acceptors (Lipinski definition) is 6. The Morgan fingerprint density at radius 1 is 1.20 bits per heavy atom. The Morgan fingerprint density at radius 2 is 1.94 bits per heavy atom. The van der Waals surface area contributed by atoms with Gasteiger partial charge < -0.3 is 30.3 Å². The third-order valence-corrected chi connectivity index (χ3v) is 6.48. The van der Waals surface area contributed by atoms with E-state index in [9.17, 15) is 14.7 Å². The van der Waals surface area contributed by atoms with Crippen molar-refractivity contribution in [2.45, 2.75) is 46.2 Å². The number of fused-ring (bicyclic) bond motifs is 1. The summed E-state index contributed by atoms with van der Waals surface area (Å²) in [5.74, 6) is 1.44.